The monoisotopic (exact) mass is 336 g/mol. The average molecular weight is 336 g/mol. The minimum absolute atomic E-state index is 0.0102. The van der Waals surface area contributed by atoms with Crippen LogP contribution in [0.25, 0.3) is 0 Å². The van der Waals surface area contributed by atoms with Gasteiger partial charge in [-0.1, -0.05) is 0 Å². The van der Waals surface area contributed by atoms with E-state index in [4.69, 9.17) is 0 Å². The molecule has 0 aromatic carbocycles. The van der Waals surface area contributed by atoms with Crippen molar-refractivity contribution in [2.75, 3.05) is 13.6 Å². The van der Waals surface area contributed by atoms with Crippen molar-refractivity contribution >= 4 is 29.2 Å². The number of nitrogens with one attached hydrogen (secondary N) is 2. The van der Waals surface area contributed by atoms with Gasteiger partial charge in [-0.25, -0.2) is 9.78 Å². The third-order valence-corrected chi connectivity index (χ3v) is 5.38. The number of carbonyl (C=O) groups excluding carboxylic acids is 3. The molecule has 0 radical (unpaired) electrons. The van der Waals surface area contributed by atoms with Crippen molar-refractivity contribution in [3.05, 3.63) is 15.6 Å². The third kappa shape index (κ3) is 3.36. The molecule has 1 aliphatic carbocycles. The van der Waals surface area contributed by atoms with Crippen LogP contribution in [0.3, 0.4) is 0 Å². The molecule has 3 rings (SSSR count). The second kappa shape index (κ2) is 6.27. The summed E-state index contributed by atoms with van der Waals surface area (Å²) in [6.45, 7) is 2.60. The van der Waals surface area contributed by atoms with Gasteiger partial charge in [0.2, 0.25) is 5.91 Å². The second-order valence-corrected chi connectivity index (χ2v) is 7.41. The van der Waals surface area contributed by atoms with Crippen molar-refractivity contribution in [1.29, 1.82) is 0 Å². The molecule has 8 heteroatoms. The summed E-state index contributed by atoms with van der Waals surface area (Å²) in [4.78, 5) is 42.6. The van der Waals surface area contributed by atoms with E-state index in [0.717, 1.165) is 30.0 Å². The molecule has 1 fully saturated rings. The molecular weight excluding hydrogens is 316 g/mol. The summed E-state index contributed by atoms with van der Waals surface area (Å²) >= 11 is 1.74. The third-order valence-electron chi connectivity index (χ3n) is 4.33. The van der Waals surface area contributed by atoms with Gasteiger partial charge < -0.3 is 10.2 Å². The maximum atomic E-state index is 12.3. The average Bonchev–Trinajstić information content (AvgIpc) is 3.01. The highest BCUT2D eigenvalue weighted by Gasteiger charge is 2.33. The number of hydrogen-bond acceptors (Lipinski definition) is 5. The zero-order valence-electron chi connectivity index (χ0n) is 13.2. The summed E-state index contributed by atoms with van der Waals surface area (Å²) in [6.07, 6.45) is 3.20. The number of likely N-dealkylation sites (N-methyl/N-ethyl adjacent to an activating group) is 1. The topological polar surface area (TPSA) is 91.4 Å². The van der Waals surface area contributed by atoms with E-state index in [2.05, 4.69) is 15.6 Å². The van der Waals surface area contributed by atoms with Gasteiger partial charge in [-0.15, -0.1) is 11.3 Å². The highest BCUT2D eigenvalue weighted by atomic mass is 32.1. The van der Waals surface area contributed by atoms with E-state index in [1.165, 1.54) is 4.88 Å². The first kappa shape index (κ1) is 15.9. The van der Waals surface area contributed by atoms with Gasteiger partial charge in [-0.3, -0.25) is 14.9 Å². The van der Waals surface area contributed by atoms with Gasteiger partial charge in [0.05, 0.1) is 17.1 Å². The minimum atomic E-state index is -0.763. The van der Waals surface area contributed by atoms with Crippen LogP contribution in [0.5, 0.6) is 0 Å². The van der Waals surface area contributed by atoms with Gasteiger partial charge >= 0.3 is 6.03 Å². The Morgan fingerprint density at radius 3 is 2.91 bits per heavy atom. The van der Waals surface area contributed by atoms with Gasteiger partial charge in [0.15, 0.2) is 0 Å². The van der Waals surface area contributed by atoms with E-state index >= 15 is 0 Å². The molecule has 1 aliphatic heterocycles. The molecule has 23 heavy (non-hydrogen) atoms. The standard InChI is InChI=1S/C15H20N4O3S/c1-8-16-13-9(4-3-5-11(13)23-8)7-19(2)12(20)6-10-14(21)18-15(22)17-10/h9-10H,3-7H2,1-2H3,(H2,17,18,21,22)/t9-,10-/m0/s1. The number of amides is 4. The molecule has 0 bridgehead atoms. The molecule has 1 saturated heterocycles. The van der Waals surface area contributed by atoms with E-state index in [-0.39, 0.29) is 18.2 Å². The zero-order chi connectivity index (χ0) is 16.6. The minimum Gasteiger partial charge on any atom is -0.345 e. The van der Waals surface area contributed by atoms with E-state index in [1.54, 1.807) is 23.3 Å². The van der Waals surface area contributed by atoms with Crippen LogP contribution < -0.4 is 10.6 Å². The Bertz CT molecular complexity index is 657. The van der Waals surface area contributed by atoms with Gasteiger partial charge in [-0.2, -0.15) is 0 Å². The fourth-order valence-corrected chi connectivity index (χ4v) is 4.24. The molecule has 2 N–H and O–H groups in total. The van der Waals surface area contributed by atoms with Gasteiger partial charge in [0.1, 0.15) is 6.04 Å². The summed E-state index contributed by atoms with van der Waals surface area (Å²) < 4.78 is 0. The maximum absolute atomic E-state index is 12.3. The van der Waals surface area contributed by atoms with Crippen LogP contribution in [-0.2, 0) is 16.0 Å². The molecular formula is C15H20N4O3S. The summed E-state index contributed by atoms with van der Waals surface area (Å²) in [7, 11) is 1.74. The first-order valence-electron chi connectivity index (χ1n) is 7.75. The van der Waals surface area contributed by atoms with Crippen LogP contribution in [0.1, 0.15) is 40.8 Å². The van der Waals surface area contributed by atoms with Crippen LogP contribution in [0.4, 0.5) is 4.79 Å². The largest absolute Gasteiger partial charge is 0.345 e. The molecule has 0 saturated carbocycles. The smallest absolute Gasteiger partial charge is 0.322 e. The predicted octanol–water partition coefficient (Wildman–Crippen LogP) is 0.928. The lowest BCUT2D eigenvalue weighted by Crippen LogP contribution is -2.39. The Morgan fingerprint density at radius 2 is 2.22 bits per heavy atom. The van der Waals surface area contributed by atoms with Gasteiger partial charge in [0.25, 0.3) is 5.91 Å². The number of thiazole rings is 1. The highest BCUT2D eigenvalue weighted by molar-refractivity contribution is 7.11. The maximum Gasteiger partial charge on any atom is 0.322 e. The molecule has 2 atom stereocenters. The molecule has 2 aliphatic rings. The molecule has 2 heterocycles. The fourth-order valence-electron chi connectivity index (χ4n) is 3.17. The van der Waals surface area contributed by atoms with Crippen molar-refractivity contribution in [2.24, 2.45) is 0 Å². The van der Waals surface area contributed by atoms with Gasteiger partial charge in [0, 0.05) is 24.4 Å². The molecule has 0 spiro atoms. The van der Waals surface area contributed by atoms with Crippen molar-refractivity contribution in [1.82, 2.24) is 20.5 Å². The summed E-state index contributed by atoms with van der Waals surface area (Å²) in [5, 5.41) is 5.66. The Hall–Kier alpha value is -1.96. The number of hydrogen-bond donors (Lipinski definition) is 2. The van der Waals surface area contributed by atoms with E-state index in [1.807, 2.05) is 6.92 Å². The van der Waals surface area contributed by atoms with Crippen LogP contribution >= 0.6 is 11.3 Å². The van der Waals surface area contributed by atoms with Gasteiger partial charge in [-0.05, 0) is 26.2 Å². The van der Waals surface area contributed by atoms with Crippen molar-refractivity contribution in [3.8, 4) is 0 Å². The Balaban J connectivity index is 1.61. The number of aromatic nitrogens is 1. The van der Waals surface area contributed by atoms with E-state index in [0.29, 0.717) is 6.54 Å². The Kier molecular flexibility index (Phi) is 4.34. The van der Waals surface area contributed by atoms with Crippen molar-refractivity contribution in [3.63, 3.8) is 0 Å². The summed E-state index contributed by atoms with van der Waals surface area (Å²) in [5.41, 5.74) is 1.13. The number of carbonyl (C=O) groups is 3. The lowest BCUT2D eigenvalue weighted by Gasteiger charge is -2.27. The number of urea groups is 1. The van der Waals surface area contributed by atoms with E-state index < -0.39 is 18.0 Å². The molecule has 1 aromatic rings. The molecule has 7 nitrogen and oxygen atoms in total. The number of aryl methyl sites for hydroxylation is 2. The van der Waals surface area contributed by atoms with Crippen molar-refractivity contribution in [2.45, 2.75) is 44.6 Å². The number of imide groups is 1. The predicted molar refractivity (Wildman–Crippen MR) is 85.2 cm³/mol. The first-order valence-corrected chi connectivity index (χ1v) is 8.57. The van der Waals surface area contributed by atoms with E-state index in [9.17, 15) is 14.4 Å². The lowest BCUT2D eigenvalue weighted by atomic mass is 9.90. The Morgan fingerprint density at radius 1 is 1.43 bits per heavy atom. The highest BCUT2D eigenvalue weighted by Crippen LogP contribution is 2.35. The Labute approximate surface area is 138 Å². The molecule has 0 unspecified atom stereocenters. The molecule has 4 amide bonds. The van der Waals surface area contributed by atoms with Crippen molar-refractivity contribution < 1.29 is 14.4 Å². The first-order chi connectivity index (χ1) is 10.9. The van der Waals surface area contributed by atoms with Crippen LogP contribution in [0.15, 0.2) is 0 Å². The quantitative estimate of drug-likeness (QED) is 0.800. The fraction of sp³-hybridized carbons (Fsp3) is 0.600. The van der Waals surface area contributed by atoms with Crippen LogP contribution in [0.2, 0.25) is 0 Å². The number of rotatable bonds is 4. The zero-order valence-corrected chi connectivity index (χ0v) is 14.0. The second-order valence-electron chi connectivity index (χ2n) is 6.12. The summed E-state index contributed by atoms with van der Waals surface area (Å²) in [6, 6.07) is -1.30. The summed E-state index contributed by atoms with van der Waals surface area (Å²) in [5.74, 6) is -0.331. The molecule has 124 valence electrons. The van der Waals surface area contributed by atoms with Crippen LogP contribution in [-0.4, -0.2) is 47.4 Å². The number of nitrogens with zero attached hydrogens (tertiary/aromatic N) is 2. The molecule has 1 aromatic heterocycles. The normalized spacial score (nSPS) is 23.2. The lowest BCUT2D eigenvalue weighted by molar-refractivity contribution is -0.133. The SMILES string of the molecule is Cc1nc2c(s1)CCC[C@H]2CN(C)C(=O)C[C@@H]1NC(=O)NC1=O. The van der Waals surface area contributed by atoms with Crippen LogP contribution in [0, 0.1) is 6.92 Å². The number of fused-ring (bicyclic) bond motifs is 1.